The molecule has 0 saturated carbocycles. The van der Waals surface area contributed by atoms with Crippen molar-refractivity contribution in [3.63, 3.8) is 0 Å². The van der Waals surface area contributed by atoms with Gasteiger partial charge in [-0.1, -0.05) is 29.8 Å². The number of benzene rings is 2. The largest absolute Gasteiger partial charge is 0.444 e. The first-order chi connectivity index (χ1) is 19.1. The zero-order chi connectivity index (χ0) is 30.2. The summed E-state index contributed by atoms with van der Waals surface area (Å²) in [5, 5.41) is 5.61. The van der Waals surface area contributed by atoms with Crippen molar-refractivity contribution in [1.82, 2.24) is 14.6 Å². The maximum absolute atomic E-state index is 15.1. The van der Waals surface area contributed by atoms with Crippen molar-refractivity contribution in [3.05, 3.63) is 82.9 Å². The third kappa shape index (κ3) is 7.01. The van der Waals surface area contributed by atoms with Crippen LogP contribution in [-0.4, -0.2) is 54.1 Å². The third-order valence-electron chi connectivity index (χ3n) is 6.12. The van der Waals surface area contributed by atoms with Crippen LogP contribution >= 0.6 is 11.6 Å². The molecule has 0 unspecified atom stereocenters. The van der Waals surface area contributed by atoms with Gasteiger partial charge in [-0.25, -0.2) is 26.9 Å². The molecule has 216 valence electrons. The molecule has 1 aliphatic heterocycles. The molecule has 3 aromatic rings. The quantitative estimate of drug-likeness (QED) is 0.425. The Labute approximate surface area is 242 Å². The van der Waals surface area contributed by atoms with E-state index in [0.717, 1.165) is 21.5 Å². The van der Waals surface area contributed by atoms with Gasteiger partial charge in [-0.15, -0.1) is 0 Å². The Bertz CT molecular complexity index is 1620. The number of anilines is 1. The van der Waals surface area contributed by atoms with Crippen LogP contribution in [0.25, 0.3) is 11.1 Å². The van der Waals surface area contributed by atoms with E-state index in [1.54, 1.807) is 51.2 Å². The lowest BCUT2D eigenvalue weighted by Gasteiger charge is -2.36. The number of sulfonamides is 1. The summed E-state index contributed by atoms with van der Waals surface area (Å²) in [7, 11) is -2.79. The van der Waals surface area contributed by atoms with Crippen molar-refractivity contribution < 1.29 is 27.1 Å². The van der Waals surface area contributed by atoms with Gasteiger partial charge in [-0.2, -0.15) is 0 Å². The summed E-state index contributed by atoms with van der Waals surface area (Å²) in [6.07, 6.45) is 0.630. The molecule has 10 nitrogen and oxygen atoms in total. The Morgan fingerprint density at radius 1 is 1.05 bits per heavy atom. The molecule has 0 saturated heterocycles. The molecule has 0 fully saturated rings. The van der Waals surface area contributed by atoms with Crippen LogP contribution in [-0.2, 0) is 20.3 Å². The highest BCUT2D eigenvalue weighted by atomic mass is 35.5. The molecule has 2 heterocycles. The third-order valence-corrected chi connectivity index (χ3v) is 8.31. The summed E-state index contributed by atoms with van der Waals surface area (Å²) in [6.45, 7) is 6.38. The van der Waals surface area contributed by atoms with Crippen LogP contribution in [0.1, 0.15) is 43.7 Å². The number of nitrogens with one attached hydrogen (secondary N) is 2. The normalized spacial score (nSPS) is 18.3. The fourth-order valence-electron chi connectivity index (χ4n) is 4.11. The lowest BCUT2D eigenvalue weighted by molar-refractivity contribution is 0.0558. The molecule has 0 bridgehead atoms. The number of nitrogens with zero attached hydrogens (tertiary/aromatic N) is 3. The van der Waals surface area contributed by atoms with Gasteiger partial charge in [0, 0.05) is 35.1 Å². The summed E-state index contributed by atoms with van der Waals surface area (Å²) in [5.41, 5.74) is -0.607. The number of hydrogen-bond acceptors (Lipinski definition) is 7. The average molecular weight is 602 g/mol. The molecule has 0 aliphatic carbocycles. The van der Waals surface area contributed by atoms with E-state index in [-0.39, 0.29) is 22.9 Å². The van der Waals surface area contributed by atoms with Gasteiger partial charge < -0.3 is 10.1 Å². The van der Waals surface area contributed by atoms with Crippen molar-refractivity contribution in [2.75, 3.05) is 18.1 Å². The fourth-order valence-corrected chi connectivity index (χ4v) is 5.71. The van der Waals surface area contributed by atoms with Crippen LogP contribution < -0.4 is 10.6 Å². The van der Waals surface area contributed by atoms with Gasteiger partial charge in [0.15, 0.2) is 0 Å². The zero-order valence-electron chi connectivity index (χ0n) is 23.0. The second-order valence-corrected chi connectivity index (χ2v) is 13.1. The molecule has 4 rings (SSSR count). The monoisotopic (exact) mass is 601 g/mol. The van der Waals surface area contributed by atoms with Crippen LogP contribution in [0, 0.1) is 5.82 Å². The highest BCUT2D eigenvalue weighted by Gasteiger charge is 2.43. The lowest BCUT2D eigenvalue weighted by Crippen LogP contribution is -2.54. The maximum Gasteiger partial charge on any atom is 0.414 e. The van der Waals surface area contributed by atoms with E-state index in [2.05, 4.69) is 20.6 Å². The minimum atomic E-state index is -4.02. The number of amides is 2. The second-order valence-electron chi connectivity index (χ2n) is 10.6. The van der Waals surface area contributed by atoms with Gasteiger partial charge in [-0.05, 0) is 69.7 Å². The summed E-state index contributed by atoms with van der Waals surface area (Å²) in [5.74, 6) is -2.21. The van der Waals surface area contributed by atoms with E-state index in [0.29, 0.717) is 5.02 Å². The highest BCUT2D eigenvalue weighted by Crippen LogP contribution is 2.35. The molecule has 1 atom stereocenters. The van der Waals surface area contributed by atoms with E-state index in [4.69, 9.17) is 16.3 Å². The Morgan fingerprint density at radius 2 is 1.71 bits per heavy atom. The Balaban J connectivity index is 1.59. The molecule has 0 radical (unpaired) electrons. The lowest BCUT2D eigenvalue weighted by atomic mass is 9.93. The van der Waals surface area contributed by atoms with Crippen LogP contribution in [0.3, 0.4) is 0 Å². The van der Waals surface area contributed by atoms with Gasteiger partial charge in [0.2, 0.25) is 16.0 Å². The van der Waals surface area contributed by atoms with Gasteiger partial charge in [0.25, 0.3) is 5.91 Å². The van der Waals surface area contributed by atoms with Crippen LogP contribution in [0.4, 0.5) is 14.9 Å². The molecule has 0 spiro atoms. The van der Waals surface area contributed by atoms with E-state index >= 15 is 4.39 Å². The van der Waals surface area contributed by atoms with Gasteiger partial charge in [-0.3, -0.25) is 15.1 Å². The predicted octanol–water partition coefficient (Wildman–Crippen LogP) is 5.16. The SMILES string of the molecule is CN1C(NC(=O)OC(C)(C)C)=N[C@](C)(c2cc(NC(=O)c3ccc(-c4ccc(Cl)cc4)cn3)ccc2F)CS1(=O)=O. The van der Waals surface area contributed by atoms with E-state index in [1.165, 1.54) is 26.1 Å². The van der Waals surface area contributed by atoms with E-state index < -0.39 is 44.7 Å². The highest BCUT2D eigenvalue weighted by molar-refractivity contribution is 7.89. The minimum absolute atomic E-state index is 0.0958. The number of pyridine rings is 1. The van der Waals surface area contributed by atoms with Crippen molar-refractivity contribution in [2.45, 2.75) is 38.8 Å². The first kappa shape index (κ1) is 29.9. The van der Waals surface area contributed by atoms with Crippen molar-refractivity contribution in [3.8, 4) is 11.1 Å². The number of halogens is 2. The summed E-state index contributed by atoms with van der Waals surface area (Å²) in [4.78, 5) is 33.9. The van der Waals surface area contributed by atoms with Crippen molar-refractivity contribution in [1.29, 1.82) is 0 Å². The Hall–Kier alpha value is -4.03. The molecular weight excluding hydrogens is 573 g/mol. The number of carbonyl (C=O) groups is 2. The number of aromatic nitrogens is 1. The average Bonchev–Trinajstić information content (AvgIpc) is 2.87. The molecule has 2 aromatic carbocycles. The van der Waals surface area contributed by atoms with Gasteiger partial charge >= 0.3 is 6.09 Å². The molecular formula is C28H29ClFN5O5S. The standard InChI is InChI=1S/C28H29ClFN5O5S/c1-27(2,3)40-26(37)33-25-34-28(4,16-41(38,39)35(25)5)21-14-20(11-12-22(21)30)32-24(36)23-13-8-18(15-31-23)17-6-9-19(29)10-7-17/h6-15H,16H2,1-5H3,(H,32,36)(H,33,34,37)/t28-/m0/s1. The number of aliphatic imine (C=N–C) groups is 1. The summed E-state index contributed by atoms with van der Waals surface area (Å²) >= 11 is 5.94. The topological polar surface area (TPSA) is 130 Å². The summed E-state index contributed by atoms with van der Waals surface area (Å²) < 4.78 is 47.1. The molecule has 1 aromatic heterocycles. The van der Waals surface area contributed by atoms with E-state index in [1.807, 2.05) is 12.1 Å². The number of carbonyl (C=O) groups excluding carboxylic acids is 2. The smallest absolute Gasteiger partial charge is 0.414 e. The van der Waals surface area contributed by atoms with Gasteiger partial charge in [0.05, 0.1) is 5.75 Å². The molecule has 2 amide bonds. The van der Waals surface area contributed by atoms with E-state index in [9.17, 15) is 18.0 Å². The van der Waals surface area contributed by atoms with Crippen molar-refractivity contribution in [2.24, 2.45) is 4.99 Å². The number of guanidine groups is 1. The minimum Gasteiger partial charge on any atom is -0.444 e. The van der Waals surface area contributed by atoms with Crippen LogP contribution in [0.5, 0.6) is 0 Å². The first-order valence-electron chi connectivity index (χ1n) is 12.5. The molecule has 41 heavy (non-hydrogen) atoms. The molecule has 1 aliphatic rings. The van der Waals surface area contributed by atoms with Crippen LogP contribution in [0.2, 0.25) is 5.02 Å². The Morgan fingerprint density at radius 3 is 2.32 bits per heavy atom. The number of hydrogen-bond donors (Lipinski definition) is 2. The first-order valence-corrected chi connectivity index (χ1v) is 14.4. The zero-order valence-corrected chi connectivity index (χ0v) is 24.6. The predicted molar refractivity (Wildman–Crippen MR) is 155 cm³/mol. The number of rotatable bonds is 4. The number of ether oxygens (including phenoxy) is 1. The van der Waals surface area contributed by atoms with Crippen molar-refractivity contribution >= 4 is 45.3 Å². The Kier molecular flexibility index (Phi) is 8.10. The van der Waals surface area contributed by atoms with Gasteiger partial charge in [0.1, 0.15) is 22.7 Å². The maximum atomic E-state index is 15.1. The molecule has 13 heteroatoms. The summed E-state index contributed by atoms with van der Waals surface area (Å²) in [6, 6.07) is 14.2. The molecule has 2 N–H and O–H groups in total. The number of alkyl carbamates (subject to hydrolysis) is 1. The fraction of sp³-hybridized carbons (Fsp3) is 0.286. The second kappa shape index (κ2) is 11.1. The van der Waals surface area contributed by atoms with Crippen LogP contribution in [0.15, 0.2) is 65.8 Å².